The van der Waals surface area contributed by atoms with Crippen LogP contribution < -0.4 is 5.32 Å². The average molecular weight is 492 g/mol. The van der Waals surface area contributed by atoms with Gasteiger partial charge in [0.1, 0.15) is 29.3 Å². The van der Waals surface area contributed by atoms with E-state index in [1.165, 1.54) is 23.0 Å². The van der Waals surface area contributed by atoms with Crippen LogP contribution in [0.4, 0.5) is 14.5 Å². The Balaban J connectivity index is 2.31. The smallest absolute Gasteiger partial charge is 0.148 e. The van der Waals surface area contributed by atoms with Gasteiger partial charge in [0.25, 0.3) is 0 Å². The molecule has 1 aliphatic heterocycles. The molecule has 0 saturated carbocycles. The van der Waals surface area contributed by atoms with Crippen LogP contribution in [0, 0.1) is 27.9 Å². The molecule has 2 aromatic rings. The van der Waals surface area contributed by atoms with Gasteiger partial charge in [-0.1, -0.05) is 25.6 Å². The van der Waals surface area contributed by atoms with E-state index in [9.17, 15) is 4.39 Å². The molecule has 36 heavy (non-hydrogen) atoms. The lowest BCUT2D eigenvalue weighted by molar-refractivity contribution is 0.136. The lowest BCUT2D eigenvalue weighted by atomic mass is 9.95. The van der Waals surface area contributed by atoms with E-state index in [0.717, 1.165) is 17.8 Å². The first-order valence-electron chi connectivity index (χ1n) is 11.5. The van der Waals surface area contributed by atoms with Crippen molar-refractivity contribution >= 4 is 23.1 Å². The number of rotatable bonds is 7. The topological polar surface area (TPSA) is 103 Å². The van der Waals surface area contributed by atoms with Crippen LogP contribution >= 0.6 is 0 Å². The van der Waals surface area contributed by atoms with E-state index < -0.39 is 17.7 Å². The Morgan fingerprint density at radius 2 is 1.89 bits per heavy atom. The number of hydrogen-bond donors (Lipinski definition) is 4. The van der Waals surface area contributed by atoms with Crippen LogP contribution in [0.25, 0.3) is 0 Å². The van der Waals surface area contributed by atoms with Crippen LogP contribution in [0.3, 0.4) is 0 Å². The van der Waals surface area contributed by atoms with Crippen molar-refractivity contribution in [2.24, 2.45) is 0 Å². The second-order valence-electron chi connectivity index (χ2n) is 8.47. The van der Waals surface area contributed by atoms with E-state index in [-0.39, 0.29) is 22.9 Å². The maximum Gasteiger partial charge on any atom is 0.148 e. The third-order valence-electron chi connectivity index (χ3n) is 6.05. The fourth-order valence-electron chi connectivity index (χ4n) is 4.17. The number of nitrogens with zero attached hydrogens (tertiary/aromatic N) is 3. The number of pyridine rings is 1. The van der Waals surface area contributed by atoms with Gasteiger partial charge in [-0.15, -0.1) is 0 Å². The first kappa shape index (κ1) is 26.5. The molecule has 0 fully saturated rings. The molecule has 1 aromatic heterocycles. The Kier molecular flexibility index (Phi) is 7.82. The number of aryl methyl sites for hydroxylation is 1. The molecule has 9 heteroatoms. The first-order valence-corrected chi connectivity index (χ1v) is 11.5. The molecule has 1 unspecified atom stereocenters. The Labute approximate surface area is 210 Å². The summed E-state index contributed by atoms with van der Waals surface area (Å²) in [7, 11) is 0. The Morgan fingerprint density at radius 3 is 2.44 bits per heavy atom. The zero-order valence-corrected chi connectivity index (χ0v) is 21.1. The number of hydrazine groups is 1. The number of anilines is 1. The minimum Gasteiger partial charge on any atom is -0.352 e. The monoisotopic (exact) mass is 491 g/mol. The highest BCUT2D eigenvalue weighted by Gasteiger charge is 2.43. The molecular formula is C27H31F2N7. The third-order valence-corrected chi connectivity index (χ3v) is 6.05. The van der Waals surface area contributed by atoms with Gasteiger partial charge in [0.15, 0.2) is 0 Å². The van der Waals surface area contributed by atoms with Crippen molar-refractivity contribution in [1.29, 1.82) is 16.2 Å². The summed E-state index contributed by atoms with van der Waals surface area (Å²) in [6, 6.07) is 5.92. The van der Waals surface area contributed by atoms with Gasteiger partial charge >= 0.3 is 0 Å². The van der Waals surface area contributed by atoms with Crippen molar-refractivity contribution in [2.75, 3.05) is 5.32 Å². The molecule has 4 N–H and O–H groups in total. The molecule has 1 atom stereocenters. The molecule has 2 heterocycles. The van der Waals surface area contributed by atoms with Gasteiger partial charge in [-0.2, -0.15) is 0 Å². The lowest BCUT2D eigenvalue weighted by Gasteiger charge is -2.40. The molecule has 0 radical (unpaired) electrons. The molecule has 0 amide bonds. The van der Waals surface area contributed by atoms with Crippen LogP contribution in [-0.4, -0.2) is 32.4 Å². The highest BCUT2D eigenvalue weighted by molar-refractivity contribution is 6.06. The standard InChI is InChI=1S/C27H31F2N7/c1-7-15(3)27(32)36(18(6)31)35-17(5)25(34-23-10-9-13-33-22(23)8-2)24(16(4)30)26(35)20-12-11-19(28)14-21(20)29/h7,9-14,26,30-32,34H,5,8H2,1-4,6H3/b15-7-,30-16?,31-18?,32-27?. The van der Waals surface area contributed by atoms with Crippen LogP contribution in [0.15, 0.2) is 71.7 Å². The summed E-state index contributed by atoms with van der Waals surface area (Å²) in [6.45, 7) is 12.8. The van der Waals surface area contributed by atoms with Gasteiger partial charge in [0.2, 0.25) is 0 Å². The van der Waals surface area contributed by atoms with Crippen molar-refractivity contribution in [1.82, 2.24) is 15.0 Å². The van der Waals surface area contributed by atoms with Gasteiger partial charge in [0, 0.05) is 29.1 Å². The minimum absolute atomic E-state index is 0.00229. The highest BCUT2D eigenvalue weighted by Crippen LogP contribution is 2.45. The van der Waals surface area contributed by atoms with E-state index in [4.69, 9.17) is 16.2 Å². The zero-order valence-electron chi connectivity index (χ0n) is 21.1. The van der Waals surface area contributed by atoms with E-state index in [2.05, 4.69) is 16.9 Å². The van der Waals surface area contributed by atoms with E-state index in [1.807, 2.05) is 13.0 Å². The summed E-state index contributed by atoms with van der Waals surface area (Å²) in [5, 5.41) is 32.1. The second-order valence-corrected chi connectivity index (χ2v) is 8.47. The van der Waals surface area contributed by atoms with E-state index in [1.54, 1.807) is 39.1 Å². The normalized spacial score (nSPS) is 15.9. The van der Waals surface area contributed by atoms with Gasteiger partial charge in [-0.3, -0.25) is 20.8 Å². The highest BCUT2D eigenvalue weighted by atomic mass is 19.1. The summed E-state index contributed by atoms with van der Waals surface area (Å²) < 4.78 is 29.1. The van der Waals surface area contributed by atoms with Crippen LogP contribution in [0.5, 0.6) is 0 Å². The molecule has 0 saturated heterocycles. The van der Waals surface area contributed by atoms with Crippen molar-refractivity contribution in [2.45, 2.75) is 47.1 Å². The van der Waals surface area contributed by atoms with Crippen molar-refractivity contribution in [3.8, 4) is 0 Å². The summed E-state index contributed by atoms with van der Waals surface area (Å²) in [6.07, 6.45) is 4.08. The second kappa shape index (κ2) is 10.6. The Morgan fingerprint density at radius 1 is 1.19 bits per heavy atom. The summed E-state index contributed by atoms with van der Waals surface area (Å²) >= 11 is 0. The minimum atomic E-state index is -0.981. The summed E-state index contributed by atoms with van der Waals surface area (Å²) in [5.41, 5.74) is 3.47. The molecule has 0 bridgehead atoms. The quantitative estimate of drug-likeness (QED) is 0.267. The molecule has 3 rings (SSSR count). The largest absolute Gasteiger partial charge is 0.352 e. The number of allylic oxidation sites excluding steroid dienone is 1. The van der Waals surface area contributed by atoms with Crippen molar-refractivity contribution < 1.29 is 8.78 Å². The van der Waals surface area contributed by atoms with Gasteiger partial charge in [0.05, 0.1) is 22.8 Å². The zero-order chi connectivity index (χ0) is 26.7. The maximum atomic E-state index is 15.2. The number of hydrogen-bond acceptors (Lipinski definition) is 6. The molecule has 0 aliphatic carbocycles. The van der Waals surface area contributed by atoms with E-state index >= 15 is 4.39 Å². The number of aromatic nitrogens is 1. The molecular weight excluding hydrogens is 460 g/mol. The van der Waals surface area contributed by atoms with Crippen LogP contribution in [0.2, 0.25) is 0 Å². The first-order chi connectivity index (χ1) is 17.0. The van der Waals surface area contributed by atoms with Crippen LogP contribution in [-0.2, 0) is 6.42 Å². The molecule has 1 aliphatic rings. The fourth-order valence-corrected chi connectivity index (χ4v) is 4.17. The summed E-state index contributed by atoms with van der Waals surface area (Å²) in [5.74, 6) is -1.54. The van der Waals surface area contributed by atoms with Crippen molar-refractivity contribution in [3.63, 3.8) is 0 Å². The molecule has 1 aromatic carbocycles. The number of nitrogens with one attached hydrogen (secondary N) is 4. The predicted octanol–water partition coefficient (Wildman–Crippen LogP) is 6.36. The number of benzene rings is 1. The Hall–Kier alpha value is -4.14. The number of halogens is 2. The molecule has 0 spiro atoms. The van der Waals surface area contributed by atoms with Gasteiger partial charge in [-0.25, -0.2) is 13.8 Å². The lowest BCUT2D eigenvalue weighted by Crippen LogP contribution is -2.49. The van der Waals surface area contributed by atoms with Gasteiger partial charge in [-0.05, 0) is 57.9 Å². The fraction of sp³-hybridized carbons (Fsp3) is 0.259. The third kappa shape index (κ3) is 4.82. The average Bonchev–Trinajstić information content (AvgIpc) is 3.10. The van der Waals surface area contributed by atoms with E-state index in [0.29, 0.717) is 34.6 Å². The molecule has 7 nitrogen and oxygen atoms in total. The Bertz CT molecular complexity index is 1310. The number of amidine groups is 2. The SMILES string of the molecule is C=C1C(Nc2cccnc2CC)=C(C(C)=N)C(c2ccc(F)cc2F)N1N(C(C)=N)C(=N)/C(C)=C\C. The summed E-state index contributed by atoms with van der Waals surface area (Å²) in [4.78, 5) is 4.41. The van der Waals surface area contributed by atoms with Crippen LogP contribution in [0.1, 0.15) is 51.9 Å². The molecule has 188 valence electrons. The van der Waals surface area contributed by atoms with Crippen molar-refractivity contribution in [3.05, 3.63) is 94.6 Å². The maximum absolute atomic E-state index is 15.2. The van der Waals surface area contributed by atoms with Gasteiger partial charge < -0.3 is 10.7 Å². The predicted molar refractivity (Wildman–Crippen MR) is 140 cm³/mol.